The first kappa shape index (κ1) is 16.4. The van der Waals surface area contributed by atoms with Crippen molar-refractivity contribution in [3.05, 3.63) is 29.6 Å². The summed E-state index contributed by atoms with van der Waals surface area (Å²) in [5, 5.41) is 3.40. The number of nitrogens with one attached hydrogen (secondary N) is 1. The predicted octanol–water partition coefficient (Wildman–Crippen LogP) is 2.58. The fourth-order valence-corrected chi connectivity index (χ4v) is 2.75. The fourth-order valence-electron chi connectivity index (χ4n) is 2.75. The first-order valence-electron chi connectivity index (χ1n) is 8.23. The number of rotatable bonds is 8. The Kier molecular flexibility index (Phi) is 7.13. The van der Waals surface area contributed by atoms with Crippen LogP contribution in [0.1, 0.15) is 44.0 Å². The minimum absolute atomic E-state index is 0.401. The highest BCUT2D eigenvalue weighted by Crippen LogP contribution is 2.14. The predicted molar refractivity (Wildman–Crippen MR) is 86.2 cm³/mol. The van der Waals surface area contributed by atoms with Gasteiger partial charge in [-0.25, -0.2) is 0 Å². The van der Waals surface area contributed by atoms with Crippen LogP contribution < -0.4 is 5.32 Å². The van der Waals surface area contributed by atoms with Gasteiger partial charge >= 0.3 is 0 Å². The zero-order valence-electron chi connectivity index (χ0n) is 13.5. The molecular formula is C17H29N3O. The summed E-state index contributed by atoms with van der Waals surface area (Å²) in [5.41, 5.74) is 2.27. The molecule has 0 aliphatic carbocycles. The number of ether oxygens (including phenoxy) is 1. The van der Waals surface area contributed by atoms with Crippen LogP contribution in [0.25, 0.3) is 0 Å². The average Bonchev–Trinajstić information content (AvgIpc) is 2.49. The van der Waals surface area contributed by atoms with E-state index in [9.17, 15) is 0 Å². The smallest absolute Gasteiger partial charge is 0.0702 e. The highest BCUT2D eigenvalue weighted by Gasteiger charge is 2.16. The Balaban J connectivity index is 1.79. The van der Waals surface area contributed by atoms with Gasteiger partial charge in [-0.2, -0.15) is 0 Å². The van der Waals surface area contributed by atoms with Crippen molar-refractivity contribution in [2.45, 2.75) is 51.8 Å². The molecule has 1 atom stereocenters. The molecule has 1 aromatic rings. The van der Waals surface area contributed by atoms with Crippen molar-refractivity contribution in [2.75, 3.05) is 26.7 Å². The molecule has 2 heterocycles. The van der Waals surface area contributed by atoms with Crippen LogP contribution in [-0.4, -0.2) is 42.7 Å². The quantitative estimate of drug-likeness (QED) is 0.747. The van der Waals surface area contributed by atoms with Gasteiger partial charge in [0.15, 0.2) is 0 Å². The van der Waals surface area contributed by atoms with Crippen LogP contribution in [0.3, 0.4) is 0 Å². The zero-order valence-corrected chi connectivity index (χ0v) is 13.5. The van der Waals surface area contributed by atoms with Gasteiger partial charge in [0.05, 0.1) is 17.5 Å². The van der Waals surface area contributed by atoms with Gasteiger partial charge in [-0.1, -0.05) is 13.0 Å². The Morgan fingerprint density at radius 2 is 2.19 bits per heavy atom. The Hall–Kier alpha value is -0.970. The maximum absolute atomic E-state index is 5.80. The second-order valence-electron chi connectivity index (χ2n) is 5.98. The van der Waals surface area contributed by atoms with Gasteiger partial charge < -0.3 is 10.1 Å². The molecule has 0 saturated carbocycles. The van der Waals surface area contributed by atoms with E-state index in [1.807, 2.05) is 0 Å². The van der Waals surface area contributed by atoms with Crippen molar-refractivity contribution in [1.82, 2.24) is 15.2 Å². The van der Waals surface area contributed by atoms with Crippen LogP contribution in [0, 0.1) is 0 Å². The lowest BCUT2D eigenvalue weighted by Crippen LogP contribution is -2.33. The number of hydrogen-bond acceptors (Lipinski definition) is 4. The van der Waals surface area contributed by atoms with Gasteiger partial charge in [-0.15, -0.1) is 0 Å². The lowest BCUT2D eigenvalue weighted by Gasteiger charge is -2.27. The summed E-state index contributed by atoms with van der Waals surface area (Å²) in [7, 11) is 2.15. The van der Waals surface area contributed by atoms with Crippen LogP contribution in [0.2, 0.25) is 0 Å². The zero-order chi connectivity index (χ0) is 14.9. The Morgan fingerprint density at radius 1 is 1.33 bits per heavy atom. The number of nitrogens with zero attached hydrogens (tertiary/aromatic N) is 2. The SMILES string of the molecule is CCCNCc1cccc(CN(C)CC2CCCCO2)n1. The lowest BCUT2D eigenvalue weighted by molar-refractivity contribution is -0.00275. The summed E-state index contributed by atoms with van der Waals surface area (Å²) >= 11 is 0. The van der Waals surface area contributed by atoms with Crippen LogP contribution in [-0.2, 0) is 17.8 Å². The fraction of sp³-hybridized carbons (Fsp3) is 0.706. The van der Waals surface area contributed by atoms with Crippen LogP contribution in [0.15, 0.2) is 18.2 Å². The molecule has 1 aliphatic rings. The molecule has 1 fully saturated rings. The molecule has 1 saturated heterocycles. The van der Waals surface area contributed by atoms with Gasteiger partial charge in [0.1, 0.15) is 0 Å². The maximum Gasteiger partial charge on any atom is 0.0702 e. The maximum atomic E-state index is 5.80. The van der Waals surface area contributed by atoms with E-state index in [0.717, 1.165) is 50.6 Å². The second-order valence-corrected chi connectivity index (χ2v) is 5.98. The molecule has 0 amide bonds. The molecule has 1 aliphatic heterocycles. The van der Waals surface area contributed by atoms with Gasteiger partial charge in [0.25, 0.3) is 0 Å². The molecular weight excluding hydrogens is 262 g/mol. The van der Waals surface area contributed by atoms with Crippen molar-refractivity contribution in [3.63, 3.8) is 0 Å². The van der Waals surface area contributed by atoms with E-state index in [4.69, 9.17) is 9.72 Å². The van der Waals surface area contributed by atoms with Crippen LogP contribution >= 0.6 is 0 Å². The van der Waals surface area contributed by atoms with Crippen LogP contribution in [0.4, 0.5) is 0 Å². The average molecular weight is 291 g/mol. The summed E-state index contributed by atoms with van der Waals surface area (Å²) < 4.78 is 5.80. The summed E-state index contributed by atoms with van der Waals surface area (Å²) in [5.74, 6) is 0. The Labute approximate surface area is 128 Å². The molecule has 1 aromatic heterocycles. The minimum atomic E-state index is 0.401. The van der Waals surface area contributed by atoms with Gasteiger partial charge in [-0.05, 0) is 51.4 Å². The highest BCUT2D eigenvalue weighted by molar-refractivity contribution is 5.11. The Bertz CT molecular complexity index is 405. The minimum Gasteiger partial charge on any atom is -0.377 e. The highest BCUT2D eigenvalue weighted by atomic mass is 16.5. The largest absolute Gasteiger partial charge is 0.377 e. The molecule has 0 bridgehead atoms. The molecule has 118 valence electrons. The Morgan fingerprint density at radius 3 is 2.95 bits per heavy atom. The molecule has 1 N–H and O–H groups in total. The first-order chi connectivity index (χ1) is 10.3. The second kappa shape index (κ2) is 9.13. The molecule has 0 radical (unpaired) electrons. The van der Waals surface area contributed by atoms with E-state index >= 15 is 0 Å². The molecule has 0 spiro atoms. The third-order valence-corrected chi connectivity index (χ3v) is 3.82. The first-order valence-corrected chi connectivity index (χ1v) is 8.23. The van der Waals surface area contributed by atoms with Crippen molar-refractivity contribution >= 4 is 0 Å². The van der Waals surface area contributed by atoms with Crippen molar-refractivity contribution < 1.29 is 4.74 Å². The van der Waals surface area contributed by atoms with Crippen molar-refractivity contribution in [3.8, 4) is 0 Å². The third-order valence-electron chi connectivity index (χ3n) is 3.82. The summed E-state index contributed by atoms with van der Waals surface area (Å²) in [6.07, 6.45) is 5.27. The van der Waals surface area contributed by atoms with E-state index in [-0.39, 0.29) is 0 Å². The number of pyridine rings is 1. The topological polar surface area (TPSA) is 37.4 Å². The normalized spacial score (nSPS) is 19.1. The van der Waals surface area contributed by atoms with E-state index < -0.39 is 0 Å². The molecule has 4 heteroatoms. The molecule has 4 nitrogen and oxygen atoms in total. The van der Waals surface area contributed by atoms with Gasteiger partial charge in [-0.3, -0.25) is 9.88 Å². The monoisotopic (exact) mass is 291 g/mol. The van der Waals surface area contributed by atoms with Gasteiger partial charge in [0.2, 0.25) is 0 Å². The van der Waals surface area contributed by atoms with Crippen molar-refractivity contribution in [2.24, 2.45) is 0 Å². The number of hydrogen-bond donors (Lipinski definition) is 1. The molecule has 0 aromatic carbocycles. The third kappa shape index (κ3) is 6.12. The van der Waals surface area contributed by atoms with E-state index in [1.165, 1.54) is 19.3 Å². The summed E-state index contributed by atoms with van der Waals surface area (Å²) in [6, 6.07) is 6.31. The van der Waals surface area contributed by atoms with E-state index in [0.29, 0.717) is 6.10 Å². The van der Waals surface area contributed by atoms with E-state index in [2.05, 4.69) is 42.4 Å². The van der Waals surface area contributed by atoms with Crippen LogP contribution in [0.5, 0.6) is 0 Å². The molecule has 21 heavy (non-hydrogen) atoms. The number of aromatic nitrogens is 1. The van der Waals surface area contributed by atoms with E-state index in [1.54, 1.807) is 0 Å². The van der Waals surface area contributed by atoms with Gasteiger partial charge in [0, 0.05) is 26.2 Å². The molecule has 2 rings (SSSR count). The number of likely N-dealkylation sites (N-methyl/N-ethyl adjacent to an activating group) is 1. The summed E-state index contributed by atoms with van der Waals surface area (Å²) in [6.45, 7) is 6.90. The summed E-state index contributed by atoms with van der Waals surface area (Å²) in [4.78, 5) is 7.05. The lowest BCUT2D eigenvalue weighted by atomic mass is 10.1. The molecule has 1 unspecified atom stereocenters. The van der Waals surface area contributed by atoms with Crippen molar-refractivity contribution in [1.29, 1.82) is 0 Å². The standard InChI is InChI=1S/C17H29N3O/c1-3-10-18-12-15-7-6-8-16(19-15)13-20(2)14-17-9-4-5-11-21-17/h6-8,17-18H,3-5,9-14H2,1-2H3.